The highest BCUT2D eigenvalue weighted by Gasteiger charge is 2.35. The average molecular weight is 382 g/mol. The first-order valence-corrected chi connectivity index (χ1v) is 6.65. The zero-order valence-electron chi connectivity index (χ0n) is 12.3. The minimum Gasteiger partial charge on any atom is -0.285 e. The standard InChI is InChI=1S/C16H6F8O2/c17-11-3-1-7(15(19,20)21)5-9(11)13(25)14(26)10-6-8(16(22,23)24)2-4-12(10)18/h1-6H. The van der Waals surface area contributed by atoms with Crippen molar-refractivity contribution in [3.8, 4) is 0 Å². The second-order valence-electron chi connectivity index (χ2n) is 5.04. The van der Waals surface area contributed by atoms with Crippen molar-refractivity contribution in [2.45, 2.75) is 12.4 Å². The van der Waals surface area contributed by atoms with Crippen molar-refractivity contribution in [1.82, 2.24) is 0 Å². The maximum absolute atomic E-state index is 13.6. The van der Waals surface area contributed by atoms with E-state index in [0.29, 0.717) is 12.1 Å². The quantitative estimate of drug-likeness (QED) is 0.422. The van der Waals surface area contributed by atoms with Gasteiger partial charge < -0.3 is 0 Å². The number of rotatable bonds is 3. The maximum Gasteiger partial charge on any atom is 0.416 e. The molecule has 0 aliphatic rings. The van der Waals surface area contributed by atoms with Crippen LogP contribution in [0.1, 0.15) is 31.8 Å². The number of halogens is 8. The average Bonchev–Trinajstić information content (AvgIpc) is 2.52. The molecule has 0 atom stereocenters. The van der Waals surface area contributed by atoms with Gasteiger partial charge in [-0.25, -0.2) is 8.78 Å². The van der Waals surface area contributed by atoms with Crippen LogP contribution in [0.25, 0.3) is 0 Å². The maximum atomic E-state index is 13.6. The molecule has 0 saturated heterocycles. The predicted octanol–water partition coefficient (Wildman–Crippen LogP) is 5.07. The molecule has 0 amide bonds. The summed E-state index contributed by atoms with van der Waals surface area (Å²) in [5.74, 6) is -6.84. The summed E-state index contributed by atoms with van der Waals surface area (Å²) in [6.45, 7) is 0. The normalized spacial score (nSPS) is 12.2. The molecule has 0 aliphatic heterocycles. The first kappa shape index (κ1) is 19.5. The van der Waals surface area contributed by atoms with Crippen LogP contribution in [0.15, 0.2) is 36.4 Å². The van der Waals surface area contributed by atoms with Gasteiger partial charge in [0.05, 0.1) is 22.3 Å². The van der Waals surface area contributed by atoms with Gasteiger partial charge in [-0.3, -0.25) is 9.59 Å². The minimum absolute atomic E-state index is 0.0289. The zero-order chi connectivity index (χ0) is 19.9. The molecule has 0 bridgehead atoms. The lowest BCUT2D eigenvalue weighted by Crippen LogP contribution is -2.19. The monoisotopic (exact) mass is 382 g/mol. The van der Waals surface area contributed by atoms with Crippen LogP contribution >= 0.6 is 0 Å². The van der Waals surface area contributed by atoms with Crippen LogP contribution < -0.4 is 0 Å². The summed E-state index contributed by atoms with van der Waals surface area (Å²) < 4.78 is 103. The Morgan fingerprint density at radius 3 is 1.19 bits per heavy atom. The smallest absolute Gasteiger partial charge is 0.285 e. The highest BCUT2D eigenvalue weighted by molar-refractivity contribution is 6.49. The van der Waals surface area contributed by atoms with Gasteiger partial charge in [0.25, 0.3) is 0 Å². The largest absolute Gasteiger partial charge is 0.416 e. The van der Waals surface area contributed by atoms with E-state index in [2.05, 4.69) is 0 Å². The zero-order valence-corrected chi connectivity index (χ0v) is 12.3. The SMILES string of the molecule is O=C(C(=O)c1cc(C(F)(F)F)ccc1F)c1cc(C(F)(F)F)ccc1F. The Labute approximate surface area is 140 Å². The molecule has 0 fully saturated rings. The highest BCUT2D eigenvalue weighted by atomic mass is 19.4. The van der Waals surface area contributed by atoms with E-state index < -0.39 is 57.8 Å². The molecule has 0 spiro atoms. The van der Waals surface area contributed by atoms with E-state index >= 15 is 0 Å². The molecule has 0 heterocycles. The van der Waals surface area contributed by atoms with Crippen molar-refractivity contribution in [1.29, 1.82) is 0 Å². The van der Waals surface area contributed by atoms with Crippen molar-refractivity contribution in [3.63, 3.8) is 0 Å². The summed E-state index contributed by atoms with van der Waals surface area (Å²) in [4.78, 5) is 23.9. The summed E-state index contributed by atoms with van der Waals surface area (Å²) in [7, 11) is 0. The Hall–Kier alpha value is -2.78. The van der Waals surface area contributed by atoms with E-state index in [9.17, 15) is 44.7 Å². The minimum atomic E-state index is -4.97. The van der Waals surface area contributed by atoms with E-state index in [1.54, 1.807) is 0 Å². The van der Waals surface area contributed by atoms with Crippen LogP contribution in [0, 0.1) is 11.6 Å². The summed E-state index contributed by atoms with van der Waals surface area (Å²) in [6, 6.07) is 1.21. The fraction of sp³-hybridized carbons (Fsp3) is 0.125. The third kappa shape index (κ3) is 3.89. The van der Waals surface area contributed by atoms with Crippen LogP contribution in [-0.4, -0.2) is 11.6 Å². The van der Waals surface area contributed by atoms with Crippen molar-refractivity contribution in [3.05, 3.63) is 70.3 Å². The van der Waals surface area contributed by atoms with Crippen molar-refractivity contribution in [2.24, 2.45) is 0 Å². The number of hydrogen-bond acceptors (Lipinski definition) is 2. The molecular weight excluding hydrogens is 376 g/mol. The van der Waals surface area contributed by atoms with Gasteiger partial charge in [0.2, 0.25) is 11.6 Å². The molecule has 0 N–H and O–H groups in total. The first-order chi connectivity index (χ1) is 11.8. The molecule has 0 unspecified atom stereocenters. The van der Waals surface area contributed by atoms with Crippen LogP contribution in [-0.2, 0) is 12.4 Å². The Kier molecular flexibility index (Phi) is 4.89. The first-order valence-electron chi connectivity index (χ1n) is 6.65. The second kappa shape index (κ2) is 6.50. The summed E-state index contributed by atoms with van der Waals surface area (Å²) in [5, 5.41) is 0. The van der Waals surface area contributed by atoms with Gasteiger partial charge >= 0.3 is 12.4 Å². The molecule has 26 heavy (non-hydrogen) atoms. The van der Waals surface area contributed by atoms with Crippen molar-refractivity contribution in [2.75, 3.05) is 0 Å². The number of carbonyl (C=O) groups excluding carboxylic acids is 2. The van der Waals surface area contributed by atoms with Crippen molar-refractivity contribution >= 4 is 11.6 Å². The molecule has 0 aromatic heterocycles. The van der Waals surface area contributed by atoms with E-state index in [4.69, 9.17) is 0 Å². The molecule has 2 rings (SSSR count). The Morgan fingerprint density at radius 2 is 0.923 bits per heavy atom. The van der Waals surface area contributed by atoms with E-state index in [1.165, 1.54) is 0 Å². The number of hydrogen-bond donors (Lipinski definition) is 0. The molecular formula is C16H6F8O2. The fourth-order valence-corrected chi connectivity index (χ4v) is 2.00. The van der Waals surface area contributed by atoms with Gasteiger partial charge in [0.1, 0.15) is 11.6 Å². The van der Waals surface area contributed by atoms with Gasteiger partial charge in [0, 0.05) is 0 Å². The molecule has 2 aromatic rings. The van der Waals surface area contributed by atoms with Crippen LogP contribution in [0.4, 0.5) is 35.1 Å². The molecule has 0 radical (unpaired) electrons. The third-order valence-corrected chi connectivity index (χ3v) is 3.28. The van der Waals surface area contributed by atoms with Crippen LogP contribution in [0.2, 0.25) is 0 Å². The van der Waals surface area contributed by atoms with E-state index in [0.717, 1.165) is 0 Å². The molecule has 2 nitrogen and oxygen atoms in total. The lowest BCUT2D eigenvalue weighted by molar-refractivity contribution is -0.138. The number of ketones is 2. The van der Waals surface area contributed by atoms with E-state index in [1.807, 2.05) is 0 Å². The number of carbonyl (C=O) groups is 2. The lowest BCUT2D eigenvalue weighted by Gasteiger charge is -2.11. The lowest BCUT2D eigenvalue weighted by atomic mass is 9.97. The van der Waals surface area contributed by atoms with Crippen molar-refractivity contribution < 1.29 is 44.7 Å². The van der Waals surface area contributed by atoms with Gasteiger partial charge in [-0.15, -0.1) is 0 Å². The van der Waals surface area contributed by atoms with E-state index in [-0.39, 0.29) is 24.3 Å². The highest BCUT2D eigenvalue weighted by Crippen LogP contribution is 2.32. The topological polar surface area (TPSA) is 34.1 Å². The number of alkyl halides is 6. The predicted molar refractivity (Wildman–Crippen MR) is 71.5 cm³/mol. The second-order valence-corrected chi connectivity index (χ2v) is 5.04. The Morgan fingerprint density at radius 1 is 0.615 bits per heavy atom. The van der Waals surface area contributed by atoms with Crippen LogP contribution in [0.3, 0.4) is 0 Å². The molecule has 10 heteroatoms. The van der Waals surface area contributed by atoms with Crippen LogP contribution in [0.5, 0.6) is 0 Å². The Bertz CT molecular complexity index is 807. The molecule has 2 aromatic carbocycles. The molecule has 0 aliphatic carbocycles. The summed E-state index contributed by atoms with van der Waals surface area (Å²) >= 11 is 0. The Balaban J connectivity index is 2.50. The fourth-order valence-electron chi connectivity index (χ4n) is 2.00. The van der Waals surface area contributed by atoms with Gasteiger partial charge in [-0.2, -0.15) is 26.3 Å². The number of Topliss-reactive ketones (excluding diaryl/α,β-unsaturated/α-hetero) is 2. The van der Waals surface area contributed by atoms with Gasteiger partial charge in [-0.05, 0) is 36.4 Å². The molecule has 138 valence electrons. The van der Waals surface area contributed by atoms with Gasteiger partial charge in [0.15, 0.2) is 0 Å². The summed E-state index contributed by atoms with van der Waals surface area (Å²) in [5.41, 5.74) is -5.58. The third-order valence-electron chi connectivity index (χ3n) is 3.28. The summed E-state index contributed by atoms with van der Waals surface area (Å²) in [6.07, 6.45) is -9.93. The molecule has 0 saturated carbocycles. The van der Waals surface area contributed by atoms with Gasteiger partial charge in [-0.1, -0.05) is 0 Å². The number of benzene rings is 2.